The zero-order valence-electron chi connectivity index (χ0n) is 14.1. The normalized spacial score (nSPS) is 16.5. The summed E-state index contributed by atoms with van der Waals surface area (Å²) in [7, 11) is 1.24. The number of halogens is 1. The van der Waals surface area contributed by atoms with Crippen LogP contribution in [0.4, 0.5) is 5.69 Å². The van der Waals surface area contributed by atoms with Crippen molar-refractivity contribution in [2.75, 3.05) is 12.0 Å². The lowest BCUT2D eigenvalue weighted by Gasteiger charge is -2.25. The number of methoxy groups -OCH3 is 1. The first-order chi connectivity index (χ1) is 12.5. The number of anilines is 1. The van der Waals surface area contributed by atoms with Crippen LogP contribution in [0, 0.1) is 0 Å². The second-order valence-corrected chi connectivity index (χ2v) is 6.31. The zero-order valence-corrected chi connectivity index (χ0v) is 14.8. The lowest BCUT2D eigenvalue weighted by Crippen LogP contribution is -2.46. The Labute approximate surface area is 155 Å². The van der Waals surface area contributed by atoms with E-state index < -0.39 is 17.9 Å². The largest absolute Gasteiger partial charge is 0.469 e. The third kappa shape index (κ3) is 3.70. The fourth-order valence-electron chi connectivity index (χ4n) is 2.85. The first-order valence-corrected chi connectivity index (χ1v) is 8.40. The molecule has 2 amide bonds. The highest BCUT2D eigenvalue weighted by Gasteiger charge is 2.35. The average molecular weight is 373 g/mol. The Hall–Kier alpha value is -2.86. The fraction of sp³-hybridized carbons (Fsp3) is 0.211. The van der Waals surface area contributed by atoms with Crippen LogP contribution in [-0.2, 0) is 20.9 Å². The smallest absolute Gasteiger partial charge is 0.308 e. The minimum Gasteiger partial charge on any atom is -0.469 e. The lowest BCUT2D eigenvalue weighted by atomic mass is 10.1. The van der Waals surface area contributed by atoms with Gasteiger partial charge in [0.25, 0.3) is 11.8 Å². The number of nitrogens with zero attached hydrogens (tertiary/aromatic N) is 1. The van der Waals surface area contributed by atoms with Gasteiger partial charge in [0.2, 0.25) is 0 Å². The molecule has 0 aromatic heterocycles. The maximum absolute atomic E-state index is 13.1. The van der Waals surface area contributed by atoms with E-state index in [2.05, 4.69) is 10.1 Å². The van der Waals surface area contributed by atoms with Crippen molar-refractivity contribution in [2.24, 2.45) is 0 Å². The maximum Gasteiger partial charge on any atom is 0.308 e. The summed E-state index contributed by atoms with van der Waals surface area (Å²) < 4.78 is 4.65. The summed E-state index contributed by atoms with van der Waals surface area (Å²) >= 11 is 6.03. The number of benzene rings is 2. The van der Waals surface area contributed by atoms with Crippen molar-refractivity contribution in [3.8, 4) is 0 Å². The second-order valence-electron chi connectivity index (χ2n) is 5.88. The third-order valence-corrected chi connectivity index (χ3v) is 4.38. The van der Waals surface area contributed by atoms with Gasteiger partial charge in [-0.1, -0.05) is 41.9 Å². The molecule has 1 aliphatic heterocycles. The Morgan fingerprint density at radius 2 is 1.92 bits per heavy atom. The number of carbonyl (C=O) groups excluding carboxylic acids is 3. The molecule has 0 aliphatic carbocycles. The molecule has 1 heterocycles. The second kappa shape index (κ2) is 7.58. The molecule has 3 rings (SSSR count). The predicted molar refractivity (Wildman–Crippen MR) is 97.0 cm³/mol. The van der Waals surface area contributed by atoms with Crippen LogP contribution in [0.2, 0.25) is 5.02 Å². The molecular formula is C19H17ClN2O4. The molecule has 0 saturated heterocycles. The summed E-state index contributed by atoms with van der Waals surface area (Å²) in [5.74, 6) is -1.42. The van der Waals surface area contributed by atoms with Gasteiger partial charge in [0, 0.05) is 5.02 Å². The molecule has 7 heteroatoms. The standard InChI is InChI=1S/C19H17ClN2O4/c1-26-17(23)10-15-19(25)22(11-12-5-3-2-4-6-12)16-8-7-13(20)9-14(16)18(24)21-15/h2-9,15H,10-11H2,1H3,(H,21,24)/t15-/m0/s1. The summed E-state index contributed by atoms with van der Waals surface area (Å²) in [6, 6.07) is 13.2. The monoisotopic (exact) mass is 372 g/mol. The lowest BCUT2D eigenvalue weighted by molar-refractivity contribution is -0.142. The molecule has 26 heavy (non-hydrogen) atoms. The number of rotatable bonds is 4. The Balaban J connectivity index is 2.03. The highest BCUT2D eigenvalue weighted by Crippen LogP contribution is 2.29. The van der Waals surface area contributed by atoms with Gasteiger partial charge in [0.1, 0.15) is 6.04 Å². The number of hydrogen-bond donors (Lipinski definition) is 1. The molecule has 0 radical (unpaired) electrons. The number of esters is 1. The SMILES string of the molecule is COC(=O)C[C@@H]1NC(=O)c2cc(Cl)ccc2N(Cc2ccccc2)C1=O. The van der Waals surface area contributed by atoms with Gasteiger partial charge in [0.15, 0.2) is 0 Å². The molecule has 1 atom stereocenters. The minimum absolute atomic E-state index is 0.242. The van der Waals surface area contributed by atoms with Gasteiger partial charge >= 0.3 is 5.97 Å². The number of hydrogen-bond acceptors (Lipinski definition) is 4. The first kappa shape index (κ1) is 17.9. The van der Waals surface area contributed by atoms with E-state index in [0.29, 0.717) is 10.7 Å². The van der Waals surface area contributed by atoms with Crippen LogP contribution in [0.1, 0.15) is 22.3 Å². The van der Waals surface area contributed by atoms with Gasteiger partial charge in [-0.2, -0.15) is 0 Å². The van der Waals surface area contributed by atoms with Crippen LogP contribution in [0.25, 0.3) is 0 Å². The molecular weight excluding hydrogens is 356 g/mol. The van der Waals surface area contributed by atoms with E-state index in [1.165, 1.54) is 18.1 Å². The molecule has 1 aliphatic rings. The molecule has 0 bridgehead atoms. The van der Waals surface area contributed by atoms with Crippen molar-refractivity contribution < 1.29 is 19.1 Å². The number of carbonyl (C=O) groups is 3. The molecule has 0 fully saturated rings. The Bertz CT molecular complexity index is 854. The quantitative estimate of drug-likeness (QED) is 0.837. The van der Waals surface area contributed by atoms with Gasteiger partial charge in [-0.25, -0.2) is 0 Å². The van der Waals surface area contributed by atoms with E-state index in [4.69, 9.17) is 11.6 Å². The molecule has 1 N–H and O–H groups in total. The zero-order chi connectivity index (χ0) is 18.7. The van der Waals surface area contributed by atoms with Crippen LogP contribution in [-0.4, -0.2) is 30.9 Å². The van der Waals surface area contributed by atoms with E-state index in [1.54, 1.807) is 12.1 Å². The van der Waals surface area contributed by atoms with Crippen LogP contribution in [0.15, 0.2) is 48.5 Å². The van der Waals surface area contributed by atoms with Gasteiger partial charge in [-0.15, -0.1) is 0 Å². The first-order valence-electron chi connectivity index (χ1n) is 8.02. The molecule has 2 aromatic rings. The fourth-order valence-corrected chi connectivity index (χ4v) is 3.02. The van der Waals surface area contributed by atoms with Crippen molar-refractivity contribution in [2.45, 2.75) is 19.0 Å². The molecule has 0 unspecified atom stereocenters. The number of nitrogens with one attached hydrogen (secondary N) is 1. The summed E-state index contributed by atoms with van der Waals surface area (Å²) in [4.78, 5) is 38.8. The Kier molecular flexibility index (Phi) is 5.23. The number of fused-ring (bicyclic) bond motifs is 1. The molecule has 0 spiro atoms. The van der Waals surface area contributed by atoms with Gasteiger partial charge in [0.05, 0.1) is 31.3 Å². The van der Waals surface area contributed by atoms with Crippen LogP contribution < -0.4 is 10.2 Å². The van der Waals surface area contributed by atoms with E-state index in [0.717, 1.165) is 5.56 Å². The highest BCUT2D eigenvalue weighted by molar-refractivity contribution is 6.31. The molecule has 6 nitrogen and oxygen atoms in total. The topological polar surface area (TPSA) is 75.7 Å². The summed E-state index contributed by atoms with van der Waals surface area (Å²) in [6.45, 7) is 0.265. The summed E-state index contributed by atoms with van der Waals surface area (Å²) in [6.07, 6.45) is -0.242. The third-order valence-electron chi connectivity index (χ3n) is 4.15. The number of ether oxygens (including phenoxy) is 1. The van der Waals surface area contributed by atoms with Crippen molar-refractivity contribution in [1.29, 1.82) is 0 Å². The minimum atomic E-state index is -1.01. The van der Waals surface area contributed by atoms with Gasteiger partial charge in [-0.05, 0) is 23.8 Å². The van der Waals surface area contributed by atoms with Crippen molar-refractivity contribution >= 4 is 35.1 Å². The average Bonchev–Trinajstić information content (AvgIpc) is 2.73. The summed E-state index contributed by atoms with van der Waals surface area (Å²) in [5, 5.41) is 2.99. The predicted octanol–water partition coefficient (Wildman–Crippen LogP) is 2.55. The molecule has 134 valence electrons. The van der Waals surface area contributed by atoms with Crippen molar-refractivity contribution in [3.63, 3.8) is 0 Å². The Morgan fingerprint density at radius 3 is 2.62 bits per heavy atom. The van der Waals surface area contributed by atoms with Crippen LogP contribution in [0.5, 0.6) is 0 Å². The van der Waals surface area contributed by atoms with E-state index in [9.17, 15) is 14.4 Å². The molecule has 2 aromatic carbocycles. The highest BCUT2D eigenvalue weighted by atomic mass is 35.5. The van der Waals surface area contributed by atoms with Crippen LogP contribution >= 0.6 is 11.6 Å². The van der Waals surface area contributed by atoms with Crippen molar-refractivity contribution in [3.05, 3.63) is 64.7 Å². The van der Waals surface area contributed by atoms with Gasteiger partial charge in [-0.3, -0.25) is 14.4 Å². The van der Waals surface area contributed by atoms with E-state index >= 15 is 0 Å². The van der Waals surface area contributed by atoms with E-state index in [-0.39, 0.29) is 24.4 Å². The van der Waals surface area contributed by atoms with Crippen LogP contribution in [0.3, 0.4) is 0 Å². The van der Waals surface area contributed by atoms with E-state index in [1.807, 2.05) is 30.3 Å². The molecule has 0 saturated carbocycles. The number of amides is 2. The van der Waals surface area contributed by atoms with Gasteiger partial charge < -0.3 is 15.0 Å². The van der Waals surface area contributed by atoms with Crippen molar-refractivity contribution in [1.82, 2.24) is 5.32 Å². The Morgan fingerprint density at radius 1 is 1.19 bits per heavy atom. The maximum atomic E-state index is 13.1. The summed E-state index contributed by atoms with van der Waals surface area (Å²) in [5.41, 5.74) is 1.63.